The topological polar surface area (TPSA) is 68.8 Å². The van der Waals surface area contributed by atoms with E-state index in [0.29, 0.717) is 11.4 Å². The van der Waals surface area contributed by atoms with Crippen molar-refractivity contribution in [1.29, 1.82) is 0 Å². The van der Waals surface area contributed by atoms with E-state index in [2.05, 4.69) is 19.8 Å². The fourth-order valence-corrected chi connectivity index (χ4v) is 1.41. The lowest BCUT2D eigenvalue weighted by Gasteiger charge is -2.04. The summed E-state index contributed by atoms with van der Waals surface area (Å²) in [5.41, 5.74) is 0.666. The van der Waals surface area contributed by atoms with E-state index in [0.717, 1.165) is 0 Å². The molecule has 0 N–H and O–H groups in total. The molecule has 110 valence electrons. The molecule has 0 radical (unpaired) electrons. The second-order valence-electron chi connectivity index (χ2n) is 3.88. The van der Waals surface area contributed by atoms with Crippen LogP contribution in [-0.2, 0) is 16.1 Å². The summed E-state index contributed by atoms with van der Waals surface area (Å²) < 4.78 is 41.1. The van der Waals surface area contributed by atoms with Crippen molar-refractivity contribution in [1.82, 2.24) is 15.1 Å². The third-order valence-electron chi connectivity index (χ3n) is 2.38. The van der Waals surface area contributed by atoms with Gasteiger partial charge in [0.05, 0.1) is 0 Å². The summed E-state index contributed by atoms with van der Waals surface area (Å²) in [6.07, 6.45) is 1.20. The van der Waals surface area contributed by atoms with Crippen LogP contribution >= 0.6 is 0 Å². The number of halogens is 3. The number of aromatic nitrogens is 4. The number of carbonyl (C=O) groups is 1. The molecule has 6 nitrogen and oxygen atoms in total. The predicted octanol–water partition coefficient (Wildman–Crippen LogP) is 0.932. The molecular formula is C12H10F3N4O2+. The minimum atomic E-state index is -4.98. The van der Waals surface area contributed by atoms with Crippen molar-refractivity contribution in [3.63, 3.8) is 0 Å². The Morgan fingerprint density at radius 2 is 2.00 bits per heavy atom. The van der Waals surface area contributed by atoms with Gasteiger partial charge in [-0.05, 0) is 11.2 Å². The van der Waals surface area contributed by atoms with Crippen LogP contribution in [0.2, 0.25) is 0 Å². The van der Waals surface area contributed by atoms with Gasteiger partial charge in [0.15, 0.2) is 18.6 Å². The van der Waals surface area contributed by atoms with E-state index in [-0.39, 0.29) is 6.54 Å². The smallest absolute Gasteiger partial charge is 0.452 e. The highest BCUT2D eigenvalue weighted by molar-refractivity contribution is 5.75. The molecule has 0 saturated heterocycles. The second kappa shape index (κ2) is 6.25. The normalized spacial score (nSPS) is 11.2. The Kier molecular flexibility index (Phi) is 4.41. The Morgan fingerprint density at radius 1 is 1.29 bits per heavy atom. The minimum absolute atomic E-state index is 0.0117. The van der Waals surface area contributed by atoms with Crippen LogP contribution in [0.15, 0.2) is 36.9 Å². The van der Waals surface area contributed by atoms with Gasteiger partial charge in [0.2, 0.25) is 6.54 Å². The maximum Gasteiger partial charge on any atom is 0.490 e. The van der Waals surface area contributed by atoms with E-state index >= 15 is 0 Å². The molecule has 0 fully saturated rings. The number of esters is 1. The van der Waals surface area contributed by atoms with Gasteiger partial charge >= 0.3 is 12.1 Å². The van der Waals surface area contributed by atoms with Crippen LogP contribution in [0.1, 0.15) is 0 Å². The van der Waals surface area contributed by atoms with Gasteiger partial charge in [-0.1, -0.05) is 4.68 Å². The molecule has 2 rings (SSSR count). The van der Waals surface area contributed by atoms with Gasteiger partial charge in [-0.15, -0.1) is 0 Å². The van der Waals surface area contributed by atoms with Crippen molar-refractivity contribution < 1.29 is 27.4 Å². The van der Waals surface area contributed by atoms with Gasteiger partial charge in [0, 0.05) is 24.0 Å². The van der Waals surface area contributed by atoms with E-state index in [1.807, 2.05) is 0 Å². The number of hydrogen-bond donors (Lipinski definition) is 0. The van der Waals surface area contributed by atoms with Crippen molar-refractivity contribution >= 4 is 5.97 Å². The molecule has 0 aliphatic rings. The summed E-state index contributed by atoms with van der Waals surface area (Å²) >= 11 is 0. The molecule has 0 aromatic carbocycles. The number of nitrogens with zero attached hydrogens (tertiary/aromatic N) is 4. The molecule has 0 spiro atoms. The fraction of sp³-hybridized carbons (Fsp3) is 0.250. The molecule has 2 aromatic heterocycles. The van der Waals surface area contributed by atoms with Crippen molar-refractivity contribution in [3.05, 3.63) is 36.9 Å². The van der Waals surface area contributed by atoms with Gasteiger partial charge in [-0.25, -0.2) is 14.8 Å². The number of rotatable bonds is 4. The lowest BCUT2D eigenvalue weighted by Crippen LogP contribution is -2.40. The summed E-state index contributed by atoms with van der Waals surface area (Å²) in [5.74, 6) is -1.72. The molecule has 0 unspecified atom stereocenters. The van der Waals surface area contributed by atoms with Gasteiger partial charge in [-0.3, -0.25) is 0 Å². The first-order chi connectivity index (χ1) is 9.97. The first-order valence-electron chi connectivity index (χ1n) is 5.84. The summed E-state index contributed by atoms with van der Waals surface area (Å²) in [6.45, 7) is -0.408. The average molecular weight is 299 g/mol. The van der Waals surface area contributed by atoms with Crippen LogP contribution < -0.4 is 4.68 Å². The highest BCUT2D eigenvalue weighted by Gasteiger charge is 2.41. The zero-order chi connectivity index (χ0) is 15.3. The molecule has 0 bridgehead atoms. The van der Waals surface area contributed by atoms with Crippen LogP contribution in [0, 0.1) is 0 Å². The Hall–Kier alpha value is -2.58. The zero-order valence-electron chi connectivity index (χ0n) is 10.6. The fourth-order valence-electron chi connectivity index (χ4n) is 1.41. The lowest BCUT2D eigenvalue weighted by molar-refractivity contribution is -0.754. The number of alkyl halides is 3. The highest BCUT2D eigenvalue weighted by Crippen LogP contribution is 2.16. The molecule has 0 saturated carbocycles. The quantitative estimate of drug-likeness (QED) is 0.620. The van der Waals surface area contributed by atoms with Crippen LogP contribution in [0.4, 0.5) is 13.2 Å². The molecule has 0 aliphatic heterocycles. The van der Waals surface area contributed by atoms with Crippen molar-refractivity contribution in [3.8, 4) is 11.4 Å². The van der Waals surface area contributed by atoms with Crippen LogP contribution in [0.3, 0.4) is 0 Å². The van der Waals surface area contributed by atoms with Gasteiger partial charge in [-0.2, -0.15) is 13.2 Å². The largest absolute Gasteiger partial charge is 0.490 e. The van der Waals surface area contributed by atoms with E-state index < -0.39 is 18.8 Å². The van der Waals surface area contributed by atoms with Gasteiger partial charge < -0.3 is 4.74 Å². The number of carbonyl (C=O) groups excluding carboxylic acids is 1. The Balaban J connectivity index is 1.90. The van der Waals surface area contributed by atoms with Crippen LogP contribution in [0.5, 0.6) is 0 Å². The molecule has 2 heterocycles. The van der Waals surface area contributed by atoms with Crippen molar-refractivity contribution in [2.75, 3.05) is 6.61 Å². The van der Waals surface area contributed by atoms with E-state index in [9.17, 15) is 18.0 Å². The molecule has 2 aromatic rings. The maximum atomic E-state index is 11.9. The molecule has 0 amide bonds. The SMILES string of the molecule is O=C(OCC[n+]1ccc(-c2ncccn2)cn1)C(F)(F)F. The summed E-state index contributed by atoms with van der Waals surface area (Å²) in [7, 11) is 0. The standard InChI is InChI=1S/C12H10F3N4O2/c13-12(14,15)11(20)21-7-6-19-5-2-9(8-18-19)10-16-3-1-4-17-10/h1-5,8H,6-7H2/q+1. The Labute approximate surface area is 117 Å². The first kappa shape index (κ1) is 14.8. The van der Waals surface area contributed by atoms with Crippen LogP contribution in [0.25, 0.3) is 11.4 Å². The maximum absolute atomic E-state index is 11.9. The third kappa shape index (κ3) is 4.20. The summed E-state index contributed by atoms with van der Waals surface area (Å²) in [4.78, 5) is 18.6. The zero-order valence-corrected chi connectivity index (χ0v) is 10.6. The van der Waals surface area contributed by atoms with Gasteiger partial charge in [0.25, 0.3) is 0 Å². The minimum Gasteiger partial charge on any atom is -0.452 e. The molecule has 9 heteroatoms. The summed E-state index contributed by atoms with van der Waals surface area (Å²) in [6, 6.07) is 3.34. The average Bonchev–Trinajstić information content (AvgIpc) is 2.48. The van der Waals surface area contributed by atoms with E-state index in [4.69, 9.17) is 0 Å². The lowest BCUT2D eigenvalue weighted by atomic mass is 10.3. The molecule has 0 aliphatic carbocycles. The molecule has 0 atom stereocenters. The van der Waals surface area contributed by atoms with E-state index in [1.54, 1.807) is 24.5 Å². The second-order valence-corrected chi connectivity index (χ2v) is 3.88. The van der Waals surface area contributed by atoms with Crippen LogP contribution in [-0.4, -0.2) is 33.8 Å². The van der Waals surface area contributed by atoms with E-state index in [1.165, 1.54) is 17.1 Å². The molecular weight excluding hydrogens is 289 g/mol. The monoisotopic (exact) mass is 299 g/mol. The van der Waals surface area contributed by atoms with Crippen molar-refractivity contribution in [2.24, 2.45) is 0 Å². The Bertz CT molecular complexity index is 602. The highest BCUT2D eigenvalue weighted by atomic mass is 19.4. The van der Waals surface area contributed by atoms with Crippen molar-refractivity contribution in [2.45, 2.75) is 12.7 Å². The van der Waals surface area contributed by atoms with Gasteiger partial charge in [0.1, 0.15) is 6.20 Å². The first-order valence-corrected chi connectivity index (χ1v) is 5.84. The number of hydrogen-bond acceptors (Lipinski definition) is 5. The molecule has 21 heavy (non-hydrogen) atoms. The summed E-state index contributed by atoms with van der Waals surface area (Å²) in [5, 5.41) is 3.98. The third-order valence-corrected chi connectivity index (χ3v) is 2.38. The number of ether oxygens (including phenoxy) is 1. The predicted molar refractivity (Wildman–Crippen MR) is 62.5 cm³/mol. The Morgan fingerprint density at radius 3 is 2.57 bits per heavy atom.